The normalized spacial score (nSPS) is 18.7. The molecule has 5 nitrogen and oxygen atoms in total. The minimum absolute atomic E-state index is 0.00514. The molecule has 120 valence electrons. The van der Waals surface area contributed by atoms with E-state index >= 15 is 0 Å². The van der Waals surface area contributed by atoms with Gasteiger partial charge in [0.25, 0.3) is 0 Å². The molecular formula is C16H22ClN3O2. The van der Waals surface area contributed by atoms with Gasteiger partial charge in [-0.1, -0.05) is 17.7 Å². The van der Waals surface area contributed by atoms with Crippen LogP contribution in [0, 0.1) is 0 Å². The molecule has 1 aliphatic heterocycles. The fourth-order valence-corrected chi connectivity index (χ4v) is 2.90. The topological polar surface area (TPSA) is 61.4 Å². The SMILES string of the molecule is CC(=O)N[C@H]1CCCN(CCC(=O)Nc2cccc(Cl)c2)C1. The maximum Gasteiger partial charge on any atom is 0.225 e. The highest BCUT2D eigenvalue weighted by Crippen LogP contribution is 2.15. The molecule has 1 heterocycles. The summed E-state index contributed by atoms with van der Waals surface area (Å²) in [6.07, 6.45) is 2.48. The van der Waals surface area contributed by atoms with Crippen molar-refractivity contribution in [3.05, 3.63) is 29.3 Å². The molecule has 1 aliphatic rings. The van der Waals surface area contributed by atoms with Crippen LogP contribution in [0.25, 0.3) is 0 Å². The molecule has 22 heavy (non-hydrogen) atoms. The van der Waals surface area contributed by atoms with Crippen molar-refractivity contribution < 1.29 is 9.59 Å². The van der Waals surface area contributed by atoms with E-state index < -0.39 is 0 Å². The van der Waals surface area contributed by atoms with Crippen LogP contribution in [0.5, 0.6) is 0 Å². The van der Waals surface area contributed by atoms with Crippen molar-refractivity contribution >= 4 is 29.1 Å². The van der Waals surface area contributed by atoms with Crippen molar-refractivity contribution in [3.8, 4) is 0 Å². The molecule has 1 atom stereocenters. The van der Waals surface area contributed by atoms with E-state index in [0.29, 0.717) is 23.7 Å². The number of hydrogen-bond acceptors (Lipinski definition) is 3. The molecular weight excluding hydrogens is 302 g/mol. The van der Waals surface area contributed by atoms with E-state index in [-0.39, 0.29) is 17.9 Å². The van der Waals surface area contributed by atoms with Gasteiger partial charge < -0.3 is 15.5 Å². The van der Waals surface area contributed by atoms with Crippen LogP contribution in [0.1, 0.15) is 26.2 Å². The largest absolute Gasteiger partial charge is 0.352 e. The number of benzene rings is 1. The van der Waals surface area contributed by atoms with Crippen molar-refractivity contribution in [1.29, 1.82) is 0 Å². The highest BCUT2D eigenvalue weighted by atomic mass is 35.5. The molecule has 2 N–H and O–H groups in total. The van der Waals surface area contributed by atoms with E-state index in [9.17, 15) is 9.59 Å². The highest BCUT2D eigenvalue weighted by Gasteiger charge is 2.20. The second-order valence-corrected chi connectivity index (χ2v) is 6.09. The number of anilines is 1. The molecule has 0 saturated carbocycles. The highest BCUT2D eigenvalue weighted by molar-refractivity contribution is 6.30. The number of nitrogens with zero attached hydrogens (tertiary/aromatic N) is 1. The Balaban J connectivity index is 1.75. The maximum absolute atomic E-state index is 12.0. The van der Waals surface area contributed by atoms with E-state index in [1.807, 2.05) is 6.07 Å². The minimum atomic E-state index is -0.0242. The smallest absolute Gasteiger partial charge is 0.225 e. The second kappa shape index (κ2) is 8.15. The van der Waals surface area contributed by atoms with Gasteiger partial charge in [-0.25, -0.2) is 0 Å². The Bertz CT molecular complexity index is 536. The lowest BCUT2D eigenvalue weighted by Crippen LogP contribution is -2.47. The van der Waals surface area contributed by atoms with Crippen LogP contribution in [0.3, 0.4) is 0 Å². The predicted molar refractivity (Wildman–Crippen MR) is 88.0 cm³/mol. The van der Waals surface area contributed by atoms with Crippen molar-refractivity contribution in [2.45, 2.75) is 32.2 Å². The van der Waals surface area contributed by atoms with Crippen LogP contribution < -0.4 is 10.6 Å². The maximum atomic E-state index is 12.0. The average Bonchev–Trinajstić information content (AvgIpc) is 2.45. The first-order valence-corrected chi connectivity index (χ1v) is 7.95. The van der Waals surface area contributed by atoms with Gasteiger partial charge in [-0.3, -0.25) is 9.59 Å². The van der Waals surface area contributed by atoms with Crippen molar-refractivity contribution in [2.24, 2.45) is 0 Å². The van der Waals surface area contributed by atoms with E-state index in [1.54, 1.807) is 18.2 Å². The summed E-state index contributed by atoms with van der Waals surface area (Å²) in [5.41, 5.74) is 0.715. The summed E-state index contributed by atoms with van der Waals surface area (Å²) < 4.78 is 0. The molecule has 0 spiro atoms. The Hall–Kier alpha value is -1.59. The van der Waals surface area contributed by atoms with E-state index in [2.05, 4.69) is 15.5 Å². The summed E-state index contributed by atoms with van der Waals surface area (Å²) in [6, 6.07) is 7.32. The summed E-state index contributed by atoms with van der Waals surface area (Å²) in [6.45, 7) is 4.02. The Kier molecular flexibility index (Phi) is 6.21. The molecule has 2 amide bonds. The lowest BCUT2D eigenvalue weighted by molar-refractivity contribution is -0.120. The number of carbonyl (C=O) groups is 2. The Morgan fingerprint density at radius 3 is 2.95 bits per heavy atom. The zero-order chi connectivity index (χ0) is 15.9. The third-order valence-corrected chi connectivity index (χ3v) is 3.91. The van der Waals surface area contributed by atoms with Crippen molar-refractivity contribution in [3.63, 3.8) is 0 Å². The molecule has 2 rings (SSSR count). The summed E-state index contributed by atoms with van der Waals surface area (Å²) in [5, 5.41) is 6.40. The lowest BCUT2D eigenvalue weighted by Gasteiger charge is -2.32. The van der Waals surface area contributed by atoms with Gasteiger partial charge in [-0.15, -0.1) is 0 Å². The van der Waals surface area contributed by atoms with Gasteiger partial charge in [0.2, 0.25) is 11.8 Å². The molecule has 1 fully saturated rings. The third kappa shape index (κ3) is 5.66. The molecule has 6 heteroatoms. The fourth-order valence-electron chi connectivity index (χ4n) is 2.71. The van der Waals surface area contributed by atoms with E-state index in [0.717, 1.165) is 25.9 Å². The lowest BCUT2D eigenvalue weighted by atomic mass is 10.1. The number of amides is 2. The summed E-state index contributed by atoms with van der Waals surface area (Å²) in [4.78, 5) is 25.3. The summed E-state index contributed by atoms with van der Waals surface area (Å²) in [5.74, 6) is -0.0190. The summed E-state index contributed by atoms with van der Waals surface area (Å²) in [7, 11) is 0. The molecule has 1 saturated heterocycles. The monoisotopic (exact) mass is 323 g/mol. The average molecular weight is 324 g/mol. The zero-order valence-corrected chi connectivity index (χ0v) is 13.5. The van der Waals surface area contributed by atoms with Gasteiger partial charge in [0.15, 0.2) is 0 Å². The van der Waals surface area contributed by atoms with Crippen molar-refractivity contribution in [2.75, 3.05) is 25.0 Å². The van der Waals surface area contributed by atoms with Crippen LogP contribution in [-0.2, 0) is 9.59 Å². The van der Waals surface area contributed by atoms with Crippen LogP contribution >= 0.6 is 11.6 Å². The number of halogens is 1. The second-order valence-electron chi connectivity index (χ2n) is 5.65. The number of piperidine rings is 1. The fraction of sp³-hybridized carbons (Fsp3) is 0.500. The van der Waals surface area contributed by atoms with Crippen LogP contribution in [0.15, 0.2) is 24.3 Å². The van der Waals surface area contributed by atoms with E-state index in [1.165, 1.54) is 6.92 Å². The number of carbonyl (C=O) groups excluding carboxylic acids is 2. The van der Waals surface area contributed by atoms with Crippen LogP contribution in [-0.4, -0.2) is 42.4 Å². The zero-order valence-electron chi connectivity index (χ0n) is 12.8. The predicted octanol–water partition coefficient (Wildman–Crippen LogP) is 2.27. The number of likely N-dealkylation sites (tertiary alicyclic amines) is 1. The number of rotatable bonds is 5. The van der Waals surface area contributed by atoms with Gasteiger partial charge in [0, 0.05) is 43.2 Å². The minimum Gasteiger partial charge on any atom is -0.352 e. The Labute approximate surface area is 136 Å². The van der Waals surface area contributed by atoms with E-state index in [4.69, 9.17) is 11.6 Å². The molecule has 1 aromatic carbocycles. The number of hydrogen-bond donors (Lipinski definition) is 2. The first kappa shape index (κ1) is 16.8. The first-order valence-electron chi connectivity index (χ1n) is 7.58. The van der Waals surface area contributed by atoms with Gasteiger partial charge in [-0.2, -0.15) is 0 Å². The van der Waals surface area contributed by atoms with Gasteiger partial charge in [0.1, 0.15) is 0 Å². The van der Waals surface area contributed by atoms with Crippen LogP contribution in [0.2, 0.25) is 5.02 Å². The third-order valence-electron chi connectivity index (χ3n) is 3.68. The Morgan fingerprint density at radius 1 is 1.41 bits per heavy atom. The first-order chi connectivity index (χ1) is 10.5. The van der Waals surface area contributed by atoms with Gasteiger partial charge >= 0.3 is 0 Å². The molecule has 0 unspecified atom stereocenters. The molecule has 0 radical (unpaired) electrons. The molecule has 1 aromatic rings. The summed E-state index contributed by atoms with van der Waals surface area (Å²) >= 11 is 5.89. The number of nitrogens with one attached hydrogen (secondary N) is 2. The molecule has 0 aliphatic carbocycles. The van der Waals surface area contributed by atoms with Crippen LogP contribution in [0.4, 0.5) is 5.69 Å². The molecule has 0 bridgehead atoms. The van der Waals surface area contributed by atoms with Crippen molar-refractivity contribution in [1.82, 2.24) is 10.2 Å². The van der Waals surface area contributed by atoms with Gasteiger partial charge in [0.05, 0.1) is 0 Å². The standard InChI is InChI=1S/C16H22ClN3O2/c1-12(21)18-15-6-3-8-20(11-15)9-7-16(22)19-14-5-2-4-13(17)10-14/h2,4-5,10,15H,3,6-9,11H2,1H3,(H,18,21)(H,19,22)/t15-/m0/s1. The van der Waals surface area contributed by atoms with Gasteiger partial charge in [-0.05, 0) is 37.6 Å². The Morgan fingerprint density at radius 2 is 2.23 bits per heavy atom. The molecule has 0 aromatic heterocycles. The quantitative estimate of drug-likeness (QED) is 0.874.